The second kappa shape index (κ2) is 4.12. The number of anilines is 2. The van der Waals surface area contributed by atoms with Gasteiger partial charge in [-0.15, -0.1) is 0 Å². The van der Waals surface area contributed by atoms with Crippen molar-refractivity contribution in [3.63, 3.8) is 0 Å². The van der Waals surface area contributed by atoms with Crippen LogP contribution in [0.25, 0.3) is 0 Å². The van der Waals surface area contributed by atoms with E-state index in [0.717, 1.165) is 18.7 Å². The molecule has 1 amide bonds. The van der Waals surface area contributed by atoms with E-state index in [2.05, 4.69) is 17.1 Å². The van der Waals surface area contributed by atoms with Crippen molar-refractivity contribution in [2.24, 2.45) is 0 Å². The van der Waals surface area contributed by atoms with Crippen LogP contribution in [0.4, 0.5) is 11.4 Å². The summed E-state index contributed by atoms with van der Waals surface area (Å²) < 4.78 is 0. The molecule has 0 spiro atoms. The maximum atomic E-state index is 11.5. The number of rotatable bonds is 4. The van der Waals surface area contributed by atoms with Gasteiger partial charge in [0.2, 0.25) is 0 Å². The number of benzene rings is 1. The van der Waals surface area contributed by atoms with Gasteiger partial charge in [-0.25, -0.2) is 0 Å². The van der Waals surface area contributed by atoms with E-state index >= 15 is 0 Å². The summed E-state index contributed by atoms with van der Waals surface area (Å²) in [5.74, 6) is -0.944. The van der Waals surface area contributed by atoms with Crippen molar-refractivity contribution in [1.29, 1.82) is 0 Å². The van der Waals surface area contributed by atoms with E-state index < -0.39 is 11.7 Å². The predicted molar refractivity (Wildman–Crippen MR) is 70.1 cm³/mol. The lowest BCUT2D eigenvalue weighted by atomic mass is 10.1. The minimum absolute atomic E-state index is 0.426. The summed E-state index contributed by atoms with van der Waals surface area (Å²) >= 11 is 0. The number of fused-ring (bicyclic) bond motifs is 1. The first-order valence-corrected chi connectivity index (χ1v) is 6.47. The van der Waals surface area contributed by atoms with Gasteiger partial charge in [-0.2, -0.15) is 0 Å². The molecular formula is C14H16N2O2. The molecule has 4 nitrogen and oxygen atoms in total. The Bertz CT molecular complexity index is 521. The predicted octanol–water partition coefficient (Wildman–Crippen LogP) is 2.20. The van der Waals surface area contributed by atoms with Crippen LogP contribution in [0.3, 0.4) is 0 Å². The SMILES string of the molecule is CCCN(c1ccc2c(c1)NC(=O)C2=O)C1CC1. The van der Waals surface area contributed by atoms with Crippen molar-refractivity contribution in [1.82, 2.24) is 0 Å². The zero-order valence-electron chi connectivity index (χ0n) is 10.4. The Morgan fingerprint density at radius 3 is 2.78 bits per heavy atom. The Kier molecular flexibility index (Phi) is 2.58. The second-order valence-corrected chi connectivity index (χ2v) is 4.94. The highest BCUT2D eigenvalue weighted by Gasteiger charge is 2.31. The van der Waals surface area contributed by atoms with Gasteiger partial charge in [-0.1, -0.05) is 6.92 Å². The molecule has 1 saturated carbocycles. The standard InChI is InChI=1S/C14H16N2O2/c1-2-7-16(9-3-4-9)10-5-6-11-12(8-10)15-14(18)13(11)17/h5-6,8-9H,2-4,7H2,1H3,(H,15,17,18). The molecule has 18 heavy (non-hydrogen) atoms. The molecule has 3 rings (SSSR count). The van der Waals surface area contributed by atoms with Crippen molar-refractivity contribution in [2.45, 2.75) is 32.2 Å². The molecule has 94 valence electrons. The number of nitrogens with one attached hydrogen (secondary N) is 1. The smallest absolute Gasteiger partial charge is 0.296 e. The van der Waals surface area contributed by atoms with Crippen molar-refractivity contribution in [3.05, 3.63) is 23.8 Å². The summed E-state index contributed by atoms with van der Waals surface area (Å²) in [7, 11) is 0. The number of nitrogens with zero attached hydrogens (tertiary/aromatic N) is 1. The zero-order chi connectivity index (χ0) is 12.7. The third kappa shape index (κ3) is 1.78. The van der Waals surface area contributed by atoms with Gasteiger partial charge in [-0.05, 0) is 37.5 Å². The third-order valence-corrected chi connectivity index (χ3v) is 3.49. The van der Waals surface area contributed by atoms with E-state index in [0.29, 0.717) is 17.3 Å². The largest absolute Gasteiger partial charge is 0.368 e. The summed E-state index contributed by atoms with van der Waals surface area (Å²) in [6.07, 6.45) is 3.57. The Hall–Kier alpha value is -1.84. The maximum absolute atomic E-state index is 11.5. The Morgan fingerprint density at radius 2 is 2.11 bits per heavy atom. The van der Waals surface area contributed by atoms with E-state index in [4.69, 9.17) is 0 Å². The number of carbonyl (C=O) groups excluding carboxylic acids is 2. The molecule has 1 N–H and O–H groups in total. The van der Waals surface area contributed by atoms with E-state index in [1.807, 2.05) is 12.1 Å². The van der Waals surface area contributed by atoms with Crippen LogP contribution < -0.4 is 10.2 Å². The molecule has 4 heteroatoms. The van der Waals surface area contributed by atoms with Crippen LogP contribution in [0.5, 0.6) is 0 Å². The Labute approximate surface area is 106 Å². The fourth-order valence-electron chi connectivity index (χ4n) is 2.46. The number of hydrogen-bond acceptors (Lipinski definition) is 3. The van der Waals surface area contributed by atoms with E-state index in [9.17, 15) is 9.59 Å². The summed E-state index contributed by atoms with van der Waals surface area (Å²) in [5, 5.41) is 2.63. The van der Waals surface area contributed by atoms with Crippen LogP contribution in [0.15, 0.2) is 18.2 Å². The molecule has 0 bridgehead atoms. The van der Waals surface area contributed by atoms with Gasteiger partial charge in [0.1, 0.15) is 0 Å². The fraction of sp³-hybridized carbons (Fsp3) is 0.429. The molecule has 0 unspecified atom stereocenters. The summed E-state index contributed by atoms with van der Waals surface area (Å²) in [4.78, 5) is 25.2. The Morgan fingerprint density at radius 1 is 1.33 bits per heavy atom. The summed E-state index contributed by atoms with van der Waals surface area (Å²) in [6.45, 7) is 3.18. The first-order valence-electron chi connectivity index (χ1n) is 6.47. The van der Waals surface area contributed by atoms with E-state index in [-0.39, 0.29) is 0 Å². The van der Waals surface area contributed by atoms with Gasteiger partial charge in [0.25, 0.3) is 11.7 Å². The van der Waals surface area contributed by atoms with Crippen molar-refractivity contribution >= 4 is 23.1 Å². The molecule has 2 aliphatic rings. The van der Waals surface area contributed by atoms with Crippen LogP contribution in [0.1, 0.15) is 36.5 Å². The molecule has 0 aromatic heterocycles. The normalized spacial score (nSPS) is 17.6. The highest BCUT2D eigenvalue weighted by Crippen LogP contribution is 2.35. The number of carbonyl (C=O) groups is 2. The van der Waals surface area contributed by atoms with Crippen molar-refractivity contribution < 1.29 is 9.59 Å². The average Bonchev–Trinajstić information content (AvgIpc) is 3.15. The average molecular weight is 244 g/mol. The van der Waals surface area contributed by atoms with Gasteiger partial charge in [0, 0.05) is 18.3 Å². The molecule has 0 atom stereocenters. The molecule has 1 aliphatic carbocycles. The summed E-state index contributed by atoms with van der Waals surface area (Å²) in [5.41, 5.74) is 2.26. The Balaban J connectivity index is 1.92. The van der Waals surface area contributed by atoms with Crippen LogP contribution in [-0.4, -0.2) is 24.3 Å². The minimum atomic E-state index is -0.518. The number of amides is 1. The van der Waals surface area contributed by atoms with Crippen molar-refractivity contribution in [3.8, 4) is 0 Å². The molecule has 0 saturated heterocycles. The van der Waals surface area contributed by atoms with E-state index in [1.54, 1.807) is 6.07 Å². The lowest BCUT2D eigenvalue weighted by Crippen LogP contribution is -2.26. The van der Waals surface area contributed by atoms with E-state index in [1.165, 1.54) is 12.8 Å². The van der Waals surface area contributed by atoms with Gasteiger partial charge >= 0.3 is 0 Å². The van der Waals surface area contributed by atoms with Gasteiger partial charge in [0.15, 0.2) is 0 Å². The maximum Gasteiger partial charge on any atom is 0.296 e. The number of hydrogen-bond donors (Lipinski definition) is 1. The molecular weight excluding hydrogens is 228 g/mol. The van der Waals surface area contributed by atoms with Crippen LogP contribution in [-0.2, 0) is 4.79 Å². The van der Waals surface area contributed by atoms with Crippen LogP contribution >= 0.6 is 0 Å². The second-order valence-electron chi connectivity index (χ2n) is 4.94. The third-order valence-electron chi connectivity index (χ3n) is 3.49. The van der Waals surface area contributed by atoms with Crippen LogP contribution in [0, 0.1) is 0 Å². The summed E-state index contributed by atoms with van der Waals surface area (Å²) in [6, 6.07) is 6.27. The first-order chi connectivity index (χ1) is 8.70. The van der Waals surface area contributed by atoms with Crippen LogP contribution in [0.2, 0.25) is 0 Å². The highest BCUT2D eigenvalue weighted by molar-refractivity contribution is 6.51. The topological polar surface area (TPSA) is 49.4 Å². The zero-order valence-corrected chi connectivity index (χ0v) is 10.4. The lowest BCUT2D eigenvalue weighted by molar-refractivity contribution is -0.112. The minimum Gasteiger partial charge on any atom is -0.368 e. The lowest BCUT2D eigenvalue weighted by Gasteiger charge is -2.24. The van der Waals surface area contributed by atoms with Gasteiger partial charge in [0.05, 0.1) is 11.3 Å². The highest BCUT2D eigenvalue weighted by atomic mass is 16.2. The number of ketones is 1. The first kappa shape index (κ1) is 11.3. The quantitative estimate of drug-likeness (QED) is 0.826. The molecule has 1 fully saturated rings. The fourth-order valence-corrected chi connectivity index (χ4v) is 2.46. The molecule has 1 aromatic carbocycles. The van der Waals surface area contributed by atoms with Gasteiger partial charge < -0.3 is 10.2 Å². The molecule has 0 radical (unpaired) electrons. The molecule has 1 aliphatic heterocycles. The number of Topliss-reactive ketones (excluding diaryl/α,β-unsaturated/α-hetero) is 1. The van der Waals surface area contributed by atoms with Crippen molar-refractivity contribution in [2.75, 3.05) is 16.8 Å². The molecule has 1 heterocycles. The molecule has 1 aromatic rings. The van der Waals surface area contributed by atoms with Gasteiger partial charge in [-0.3, -0.25) is 9.59 Å². The monoisotopic (exact) mass is 244 g/mol.